The number of aromatic nitrogens is 1. The number of fused-ring (bicyclic) bond motifs is 2. The zero-order valence-corrected chi connectivity index (χ0v) is 32.0. The second-order valence-electron chi connectivity index (χ2n) is 15.1. The lowest BCUT2D eigenvalue weighted by Gasteiger charge is -2.34. The van der Waals surface area contributed by atoms with E-state index in [4.69, 9.17) is 26.5 Å². The number of nitrogens with zero attached hydrogens (tertiary/aromatic N) is 3. The summed E-state index contributed by atoms with van der Waals surface area (Å²) in [5, 5.41) is 5.42. The normalized spacial score (nSPS) is 19.1. The van der Waals surface area contributed by atoms with E-state index in [9.17, 15) is 9.18 Å². The second kappa shape index (κ2) is 18.6. The Balaban J connectivity index is 0.000000235. The van der Waals surface area contributed by atoms with Gasteiger partial charge in [-0.15, -0.1) is 0 Å². The van der Waals surface area contributed by atoms with Crippen LogP contribution in [0.1, 0.15) is 66.6 Å². The van der Waals surface area contributed by atoms with Gasteiger partial charge in [0.05, 0.1) is 6.26 Å². The van der Waals surface area contributed by atoms with E-state index in [1.165, 1.54) is 37.9 Å². The Morgan fingerprint density at radius 3 is 2.43 bits per heavy atom. The molecule has 3 aliphatic rings. The number of amides is 1. The monoisotopic (exact) mass is 756 g/mol. The Hall–Kier alpha value is -3.93. The minimum Gasteiger partial charge on any atom is -0.488 e. The molecule has 1 atom stereocenters. The molecule has 1 unspecified atom stereocenters. The molecule has 288 valence electrons. The Bertz CT molecular complexity index is 1950. The van der Waals surface area contributed by atoms with Gasteiger partial charge in [-0.1, -0.05) is 36.2 Å². The highest BCUT2D eigenvalue weighted by Gasteiger charge is 2.21. The standard InChI is InChI=1S/C31H30ClN3O3.C12H24FN3/c32-23-9-12-30-25(17-23)22(20-38-30)19-37-29-6-4-5-27-26(29)18-28(34-27)31(36)33-24-10-7-21(8-11-24)13-16-35-14-2-1-3-15-35;13-11-2-1-5-16(10-11)9-8-15-6-3-12(14)4-7-15/h4-12,17-18,20,34H,1-3,13-16,19H2,(H,33,36);11-12H,1-10,14H2. The zero-order chi connectivity index (χ0) is 37.3. The molecule has 54 heavy (non-hydrogen) atoms. The lowest BCUT2D eigenvalue weighted by Crippen LogP contribution is -2.45. The van der Waals surface area contributed by atoms with E-state index >= 15 is 0 Å². The number of aromatic amines is 1. The molecule has 3 aromatic carbocycles. The Morgan fingerprint density at radius 2 is 1.63 bits per heavy atom. The van der Waals surface area contributed by atoms with Crippen LogP contribution in [0.25, 0.3) is 21.9 Å². The summed E-state index contributed by atoms with van der Waals surface area (Å²) in [6.45, 7) is 9.90. The Labute approximate surface area is 322 Å². The number of halogens is 2. The molecule has 9 nitrogen and oxygen atoms in total. The maximum Gasteiger partial charge on any atom is 0.272 e. The van der Waals surface area contributed by atoms with Crippen LogP contribution in [-0.4, -0.2) is 96.7 Å². The molecule has 11 heteroatoms. The number of carbonyl (C=O) groups is 1. The second-order valence-corrected chi connectivity index (χ2v) is 15.5. The number of hydrogen-bond acceptors (Lipinski definition) is 7. The van der Waals surface area contributed by atoms with Crippen LogP contribution in [0.2, 0.25) is 5.02 Å². The van der Waals surface area contributed by atoms with Crippen molar-refractivity contribution in [3.8, 4) is 5.75 Å². The number of H-pyrrole nitrogens is 1. The third kappa shape index (κ3) is 10.4. The number of anilines is 1. The first-order chi connectivity index (χ1) is 26.4. The van der Waals surface area contributed by atoms with Gasteiger partial charge in [-0.3, -0.25) is 9.69 Å². The molecular weight excluding hydrogens is 703 g/mol. The van der Waals surface area contributed by atoms with Gasteiger partial charge in [0.2, 0.25) is 0 Å². The van der Waals surface area contributed by atoms with Crippen LogP contribution in [0, 0.1) is 0 Å². The van der Waals surface area contributed by atoms with E-state index in [-0.39, 0.29) is 5.91 Å². The Morgan fingerprint density at radius 1 is 0.870 bits per heavy atom. The van der Waals surface area contributed by atoms with Crippen molar-refractivity contribution in [3.05, 3.63) is 94.8 Å². The fourth-order valence-corrected chi connectivity index (χ4v) is 7.95. The number of rotatable bonds is 11. The third-order valence-electron chi connectivity index (χ3n) is 11.1. The molecule has 2 aromatic heterocycles. The SMILES string of the molecule is NC1CCN(CCN2CCCC(F)C2)CC1.O=C(Nc1ccc(CCN2CCCCC2)cc1)c1cc2c(OCc3coc4ccc(Cl)cc34)cccc2[nH]1. The molecule has 0 bridgehead atoms. The molecule has 3 aliphatic heterocycles. The van der Waals surface area contributed by atoms with Crippen LogP contribution >= 0.6 is 11.6 Å². The highest BCUT2D eigenvalue weighted by atomic mass is 35.5. The summed E-state index contributed by atoms with van der Waals surface area (Å²) in [6, 6.07) is 21.6. The summed E-state index contributed by atoms with van der Waals surface area (Å²) in [4.78, 5) is 23.5. The molecule has 3 saturated heterocycles. The van der Waals surface area contributed by atoms with Crippen molar-refractivity contribution in [1.29, 1.82) is 0 Å². The van der Waals surface area contributed by atoms with E-state index in [0.717, 1.165) is 104 Å². The molecule has 5 heterocycles. The molecule has 3 fully saturated rings. The van der Waals surface area contributed by atoms with Gasteiger partial charge in [0, 0.05) is 64.8 Å². The van der Waals surface area contributed by atoms with E-state index in [0.29, 0.717) is 35.7 Å². The number of hydrogen-bond donors (Lipinski definition) is 3. The smallest absolute Gasteiger partial charge is 0.272 e. The third-order valence-corrected chi connectivity index (χ3v) is 11.3. The fraction of sp³-hybridized carbons (Fsp3) is 0.465. The lowest BCUT2D eigenvalue weighted by molar-refractivity contribution is 0.102. The van der Waals surface area contributed by atoms with Crippen molar-refractivity contribution in [2.45, 2.75) is 70.2 Å². The van der Waals surface area contributed by atoms with Crippen LogP contribution in [0.5, 0.6) is 5.75 Å². The minimum absolute atomic E-state index is 0.191. The average molecular weight is 757 g/mol. The molecule has 0 saturated carbocycles. The number of alkyl halides is 1. The van der Waals surface area contributed by atoms with Crippen LogP contribution in [-0.2, 0) is 13.0 Å². The highest BCUT2D eigenvalue weighted by molar-refractivity contribution is 6.31. The largest absolute Gasteiger partial charge is 0.488 e. The van der Waals surface area contributed by atoms with Crippen molar-refractivity contribution in [2.24, 2.45) is 5.73 Å². The Kier molecular flexibility index (Phi) is 13.2. The molecule has 0 radical (unpaired) electrons. The number of ether oxygens (including phenoxy) is 1. The molecule has 8 rings (SSSR count). The first-order valence-electron chi connectivity index (χ1n) is 19.7. The van der Waals surface area contributed by atoms with Crippen LogP contribution in [0.4, 0.5) is 10.1 Å². The van der Waals surface area contributed by atoms with Crippen LogP contribution in [0.3, 0.4) is 0 Å². The van der Waals surface area contributed by atoms with Crippen molar-refractivity contribution >= 4 is 45.1 Å². The number of furan rings is 1. The average Bonchev–Trinajstić information content (AvgIpc) is 3.82. The number of nitrogens with two attached hydrogens (primary N) is 1. The highest BCUT2D eigenvalue weighted by Crippen LogP contribution is 2.30. The first-order valence-corrected chi connectivity index (χ1v) is 20.1. The molecule has 0 spiro atoms. The summed E-state index contributed by atoms with van der Waals surface area (Å²) in [7, 11) is 0. The van der Waals surface area contributed by atoms with Crippen molar-refractivity contribution in [1.82, 2.24) is 19.7 Å². The number of nitrogens with one attached hydrogen (secondary N) is 2. The van der Waals surface area contributed by atoms with E-state index in [2.05, 4.69) is 37.1 Å². The van der Waals surface area contributed by atoms with Gasteiger partial charge in [0.15, 0.2) is 0 Å². The maximum absolute atomic E-state index is 13.2. The minimum atomic E-state index is -0.594. The van der Waals surface area contributed by atoms with E-state index in [1.807, 2.05) is 48.5 Å². The van der Waals surface area contributed by atoms with E-state index < -0.39 is 6.17 Å². The van der Waals surface area contributed by atoms with Gasteiger partial charge in [0.1, 0.15) is 29.8 Å². The predicted molar refractivity (Wildman–Crippen MR) is 216 cm³/mol. The summed E-state index contributed by atoms with van der Waals surface area (Å²) >= 11 is 6.16. The summed E-state index contributed by atoms with van der Waals surface area (Å²) in [6.07, 6.45) is 10.1. The first kappa shape index (κ1) is 38.3. The van der Waals surface area contributed by atoms with Gasteiger partial charge in [-0.05, 0) is 132 Å². The van der Waals surface area contributed by atoms with Crippen LogP contribution < -0.4 is 15.8 Å². The quantitative estimate of drug-likeness (QED) is 0.125. The summed E-state index contributed by atoms with van der Waals surface area (Å²) in [5.41, 5.74) is 10.9. The van der Waals surface area contributed by atoms with Gasteiger partial charge >= 0.3 is 0 Å². The maximum atomic E-state index is 13.2. The van der Waals surface area contributed by atoms with Crippen molar-refractivity contribution in [2.75, 3.05) is 64.2 Å². The molecule has 4 N–H and O–H groups in total. The fourth-order valence-electron chi connectivity index (χ4n) is 7.78. The number of benzene rings is 3. The molecule has 0 aliphatic carbocycles. The molecular formula is C43H54ClFN6O3. The topological polar surface area (TPSA) is 103 Å². The van der Waals surface area contributed by atoms with Gasteiger partial charge in [-0.2, -0.15) is 0 Å². The number of likely N-dealkylation sites (tertiary alicyclic amines) is 3. The van der Waals surface area contributed by atoms with Crippen LogP contribution in [0.15, 0.2) is 77.4 Å². The van der Waals surface area contributed by atoms with Crippen molar-refractivity contribution in [3.63, 3.8) is 0 Å². The van der Waals surface area contributed by atoms with E-state index in [1.54, 1.807) is 12.3 Å². The van der Waals surface area contributed by atoms with Gasteiger partial charge in [-0.25, -0.2) is 4.39 Å². The molecule has 5 aromatic rings. The number of carbonyl (C=O) groups excluding carboxylic acids is 1. The summed E-state index contributed by atoms with van der Waals surface area (Å²) < 4.78 is 24.9. The summed E-state index contributed by atoms with van der Waals surface area (Å²) in [5.74, 6) is 0.496. The van der Waals surface area contributed by atoms with Crippen molar-refractivity contribution < 1.29 is 18.3 Å². The van der Waals surface area contributed by atoms with Gasteiger partial charge < -0.3 is 35.0 Å². The molecule has 1 amide bonds. The predicted octanol–water partition coefficient (Wildman–Crippen LogP) is 8.27. The van der Waals surface area contributed by atoms with Gasteiger partial charge in [0.25, 0.3) is 5.91 Å². The number of piperidine rings is 3. The zero-order valence-electron chi connectivity index (χ0n) is 31.2. The lowest BCUT2D eigenvalue weighted by atomic mass is 10.1.